The molecule has 1 saturated heterocycles. The van der Waals surface area contributed by atoms with Gasteiger partial charge in [-0.2, -0.15) is 0 Å². The van der Waals surface area contributed by atoms with Crippen molar-refractivity contribution in [3.05, 3.63) is 22.0 Å². The van der Waals surface area contributed by atoms with Crippen molar-refractivity contribution in [1.29, 1.82) is 0 Å². The molecule has 144 valence electrons. The van der Waals surface area contributed by atoms with Gasteiger partial charge in [0.15, 0.2) is 0 Å². The van der Waals surface area contributed by atoms with Crippen LogP contribution < -0.4 is 16.2 Å². The smallest absolute Gasteiger partial charge is 0.426 e. The van der Waals surface area contributed by atoms with Gasteiger partial charge in [0.1, 0.15) is 11.6 Å². The Labute approximate surface area is 168 Å². The van der Waals surface area contributed by atoms with E-state index in [4.69, 9.17) is 4.74 Å². The van der Waals surface area contributed by atoms with Crippen molar-refractivity contribution < 1.29 is 19.1 Å². The van der Waals surface area contributed by atoms with Crippen molar-refractivity contribution in [3.63, 3.8) is 0 Å². The number of hydrogen-bond acceptors (Lipinski definition) is 8. The summed E-state index contributed by atoms with van der Waals surface area (Å²) in [4.78, 5) is 40.0. The van der Waals surface area contributed by atoms with E-state index in [2.05, 4.69) is 21.2 Å². The van der Waals surface area contributed by atoms with Crippen LogP contribution in [0, 0.1) is 6.92 Å². The molecule has 8 nitrogen and oxygen atoms in total. The molecule has 3 N–H and O–H groups in total. The summed E-state index contributed by atoms with van der Waals surface area (Å²) in [6, 6.07) is 1.59. The zero-order chi connectivity index (χ0) is 19.4. The summed E-state index contributed by atoms with van der Waals surface area (Å²) >= 11 is 4.40. The van der Waals surface area contributed by atoms with E-state index < -0.39 is 12.0 Å². The van der Waals surface area contributed by atoms with Crippen LogP contribution in [0.25, 0.3) is 10.6 Å². The standard InChI is InChI=1S/C16H18N4O4S3/c1-8-7-26-14(17-8)10-5-11(27-15(10)25-2)13(22)19-20-16(23)24-6-9-3-4-12(21)18-9/h5,7,9H,3-4,6H2,1-2H3,(H,18,21)(H,19,22)(H,20,23). The van der Waals surface area contributed by atoms with Gasteiger partial charge in [-0.05, 0) is 25.7 Å². The monoisotopic (exact) mass is 426 g/mol. The van der Waals surface area contributed by atoms with E-state index in [1.165, 1.54) is 22.7 Å². The number of amides is 3. The number of ether oxygens (including phenoxy) is 1. The van der Waals surface area contributed by atoms with Gasteiger partial charge in [-0.25, -0.2) is 15.2 Å². The zero-order valence-corrected chi connectivity index (χ0v) is 17.1. The van der Waals surface area contributed by atoms with Crippen LogP contribution in [0.1, 0.15) is 28.2 Å². The van der Waals surface area contributed by atoms with Crippen LogP contribution in [0.15, 0.2) is 15.7 Å². The quantitative estimate of drug-likeness (QED) is 0.501. The maximum absolute atomic E-state index is 12.3. The largest absolute Gasteiger partial charge is 0.446 e. The maximum atomic E-state index is 12.3. The molecule has 3 rings (SSSR count). The first kappa shape index (κ1) is 19.6. The van der Waals surface area contributed by atoms with Gasteiger partial charge in [-0.15, -0.1) is 34.4 Å². The molecule has 2 aromatic rings. The Morgan fingerprint density at radius 1 is 1.44 bits per heavy atom. The van der Waals surface area contributed by atoms with E-state index >= 15 is 0 Å². The topological polar surface area (TPSA) is 109 Å². The van der Waals surface area contributed by atoms with E-state index in [0.717, 1.165) is 20.5 Å². The van der Waals surface area contributed by atoms with Crippen LogP contribution in [-0.2, 0) is 9.53 Å². The lowest BCUT2D eigenvalue weighted by Crippen LogP contribution is -2.43. The second-order valence-corrected chi connectivity index (χ2v) is 8.78. The molecular formula is C16H18N4O4S3. The number of thioether (sulfide) groups is 1. The Balaban J connectivity index is 1.54. The van der Waals surface area contributed by atoms with Gasteiger partial charge >= 0.3 is 6.09 Å². The van der Waals surface area contributed by atoms with Gasteiger partial charge < -0.3 is 10.1 Å². The summed E-state index contributed by atoms with van der Waals surface area (Å²) in [6.07, 6.45) is 2.23. The molecule has 3 heterocycles. The third-order valence-corrected chi connectivity index (χ3v) is 7.00. The molecular weight excluding hydrogens is 408 g/mol. The highest BCUT2D eigenvalue weighted by Gasteiger charge is 2.22. The van der Waals surface area contributed by atoms with E-state index in [0.29, 0.717) is 17.7 Å². The summed E-state index contributed by atoms with van der Waals surface area (Å²) < 4.78 is 5.97. The summed E-state index contributed by atoms with van der Waals surface area (Å²) in [7, 11) is 0. The third-order valence-electron chi connectivity index (χ3n) is 3.74. The Bertz CT molecular complexity index is 864. The molecule has 0 spiro atoms. The normalized spacial score (nSPS) is 16.1. The van der Waals surface area contributed by atoms with Crippen LogP contribution in [0.4, 0.5) is 4.79 Å². The van der Waals surface area contributed by atoms with Crippen molar-refractivity contribution in [3.8, 4) is 10.6 Å². The van der Waals surface area contributed by atoms with Crippen molar-refractivity contribution >= 4 is 52.3 Å². The Kier molecular flexibility index (Phi) is 6.34. The highest BCUT2D eigenvalue weighted by atomic mass is 32.2. The highest BCUT2D eigenvalue weighted by Crippen LogP contribution is 2.38. The van der Waals surface area contributed by atoms with Gasteiger partial charge in [0, 0.05) is 23.1 Å². The Morgan fingerprint density at radius 3 is 2.89 bits per heavy atom. The summed E-state index contributed by atoms with van der Waals surface area (Å²) in [5.74, 6) is -0.480. The highest BCUT2D eigenvalue weighted by molar-refractivity contribution is 8.00. The number of hydrogen-bond donors (Lipinski definition) is 3. The van der Waals surface area contributed by atoms with Crippen molar-refractivity contribution in [2.75, 3.05) is 12.9 Å². The fourth-order valence-electron chi connectivity index (χ4n) is 2.45. The second-order valence-electron chi connectivity index (χ2n) is 5.79. The molecule has 0 saturated carbocycles. The zero-order valence-electron chi connectivity index (χ0n) is 14.7. The lowest BCUT2D eigenvalue weighted by molar-refractivity contribution is -0.119. The Morgan fingerprint density at radius 2 is 2.26 bits per heavy atom. The minimum Gasteiger partial charge on any atom is -0.446 e. The van der Waals surface area contributed by atoms with Crippen LogP contribution in [-0.4, -0.2) is 41.8 Å². The number of thiazole rings is 1. The number of carbonyl (C=O) groups excluding carboxylic acids is 3. The van der Waals surface area contributed by atoms with Gasteiger partial charge in [-0.1, -0.05) is 0 Å². The predicted molar refractivity (Wildman–Crippen MR) is 105 cm³/mol. The number of aromatic nitrogens is 1. The Hall–Kier alpha value is -2.11. The average molecular weight is 427 g/mol. The van der Waals surface area contributed by atoms with Gasteiger partial charge in [0.05, 0.1) is 15.1 Å². The molecule has 3 amide bonds. The number of aryl methyl sites for hydroxylation is 1. The fraction of sp³-hybridized carbons (Fsp3) is 0.375. The maximum Gasteiger partial charge on any atom is 0.426 e. The predicted octanol–water partition coefficient (Wildman–Crippen LogP) is 2.55. The van der Waals surface area contributed by atoms with E-state index in [1.807, 2.05) is 18.6 Å². The molecule has 0 bridgehead atoms. The average Bonchev–Trinajstić information content (AvgIpc) is 3.37. The van der Waals surface area contributed by atoms with Crippen LogP contribution in [0.5, 0.6) is 0 Å². The lowest BCUT2D eigenvalue weighted by Gasteiger charge is -2.11. The molecule has 1 aliphatic heterocycles. The summed E-state index contributed by atoms with van der Waals surface area (Å²) in [5.41, 5.74) is 6.40. The molecule has 0 aromatic carbocycles. The van der Waals surface area contributed by atoms with Crippen molar-refractivity contribution in [1.82, 2.24) is 21.2 Å². The number of nitrogens with one attached hydrogen (secondary N) is 3. The lowest BCUT2D eigenvalue weighted by atomic mass is 10.2. The first-order chi connectivity index (χ1) is 13.0. The molecule has 1 unspecified atom stereocenters. The van der Waals surface area contributed by atoms with Crippen LogP contribution in [0.2, 0.25) is 0 Å². The van der Waals surface area contributed by atoms with Gasteiger partial charge in [0.25, 0.3) is 5.91 Å². The fourth-order valence-corrected chi connectivity index (χ4v) is 5.16. The minimum absolute atomic E-state index is 0.0502. The molecule has 1 aliphatic rings. The SMILES string of the molecule is CSc1sc(C(=O)NNC(=O)OCC2CCC(=O)N2)cc1-c1nc(C)cs1. The summed E-state index contributed by atoms with van der Waals surface area (Å²) in [5, 5.41) is 5.51. The first-order valence-electron chi connectivity index (χ1n) is 8.09. The van der Waals surface area contributed by atoms with Crippen LogP contribution in [0.3, 0.4) is 0 Å². The molecule has 1 fully saturated rings. The number of rotatable bonds is 5. The molecule has 2 aromatic heterocycles. The minimum atomic E-state index is -0.776. The van der Waals surface area contributed by atoms with Crippen LogP contribution >= 0.6 is 34.4 Å². The molecule has 1 atom stereocenters. The van der Waals surface area contributed by atoms with Crippen molar-refractivity contribution in [2.45, 2.75) is 30.0 Å². The van der Waals surface area contributed by atoms with E-state index in [9.17, 15) is 14.4 Å². The number of nitrogens with zero attached hydrogens (tertiary/aromatic N) is 1. The van der Waals surface area contributed by atoms with Gasteiger partial charge in [0.2, 0.25) is 5.91 Å². The number of thiophene rings is 1. The molecule has 0 radical (unpaired) electrons. The number of carbonyl (C=O) groups is 3. The number of hydrazine groups is 1. The van der Waals surface area contributed by atoms with E-state index in [-0.39, 0.29) is 18.6 Å². The third kappa shape index (κ3) is 4.99. The molecule has 0 aliphatic carbocycles. The van der Waals surface area contributed by atoms with E-state index in [1.54, 1.807) is 17.8 Å². The first-order valence-corrected chi connectivity index (χ1v) is 11.0. The molecule has 27 heavy (non-hydrogen) atoms. The summed E-state index contributed by atoms with van der Waals surface area (Å²) in [6.45, 7) is 1.99. The second kappa shape index (κ2) is 8.72. The molecule has 11 heteroatoms. The van der Waals surface area contributed by atoms with Crippen molar-refractivity contribution in [2.24, 2.45) is 0 Å². The van der Waals surface area contributed by atoms with Gasteiger partial charge in [-0.3, -0.25) is 15.0 Å².